The van der Waals surface area contributed by atoms with E-state index >= 15 is 0 Å². The van der Waals surface area contributed by atoms with Crippen molar-refractivity contribution < 1.29 is 17.9 Å². The second-order valence-corrected chi connectivity index (χ2v) is 11.3. The topological polar surface area (TPSA) is 84.5 Å². The number of rotatable bonds is 7. The van der Waals surface area contributed by atoms with Crippen LogP contribution >= 0.6 is 0 Å². The second-order valence-electron chi connectivity index (χ2n) is 9.62. The molecule has 2 fully saturated rings. The molecule has 0 bridgehead atoms. The standard InChI is InChI=1S/C24H30N2O4S/c1-23(2,3)16-5-7-17(8-6-16)24(13-14-24)22(27)25-20-15-19(11-12-21(20)30-4)31(28,29)26-18-9-10-18/h5-8,11-12,15,18,26H,9-10,13-14H2,1-4H3,(H,25,27). The van der Waals surface area contributed by atoms with Gasteiger partial charge in [-0.3, -0.25) is 4.79 Å². The van der Waals surface area contributed by atoms with E-state index in [1.165, 1.54) is 24.8 Å². The lowest BCUT2D eigenvalue weighted by molar-refractivity contribution is -0.118. The molecule has 0 aliphatic heterocycles. The maximum atomic E-state index is 13.3. The highest BCUT2D eigenvalue weighted by Crippen LogP contribution is 2.49. The molecule has 1 amide bonds. The van der Waals surface area contributed by atoms with Gasteiger partial charge in [-0.2, -0.15) is 0 Å². The lowest BCUT2D eigenvalue weighted by atomic mass is 9.85. The third kappa shape index (κ3) is 4.48. The number of carbonyl (C=O) groups is 1. The van der Waals surface area contributed by atoms with Crippen LogP contribution in [0.15, 0.2) is 47.4 Å². The zero-order chi connectivity index (χ0) is 22.4. The Kier molecular flexibility index (Phi) is 5.38. The summed E-state index contributed by atoms with van der Waals surface area (Å²) in [6.45, 7) is 6.48. The summed E-state index contributed by atoms with van der Waals surface area (Å²) in [6, 6.07) is 12.8. The number of carbonyl (C=O) groups excluding carboxylic acids is 1. The van der Waals surface area contributed by atoms with E-state index in [0.717, 1.165) is 31.2 Å². The van der Waals surface area contributed by atoms with Gasteiger partial charge in [0, 0.05) is 6.04 Å². The van der Waals surface area contributed by atoms with E-state index in [9.17, 15) is 13.2 Å². The predicted molar refractivity (Wildman–Crippen MR) is 121 cm³/mol. The molecule has 2 aliphatic rings. The molecule has 0 unspecified atom stereocenters. The molecule has 0 radical (unpaired) electrons. The highest BCUT2D eigenvalue weighted by Gasteiger charge is 2.51. The summed E-state index contributed by atoms with van der Waals surface area (Å²) in [6.07, 6.45) is 3.24. The minimum absolute atomic E-state index is 0.0101. The Morgan fingerprint density at radius 3 is 2.23 bits per heavy atom. The molecule has 2 aromatic carbocycles. The Hall–Kier alpha value is -2.38. The summed E-state index contributed by atoms with van der Waals surface area (Å²) in [7, 11) is -2.13. The highest BCUT2D eigenvalue weighted by atomic mass is 32.2. The number of benzene rings is 2. The van der Waals surface area contributed by atoms with Crippen molar-refractivity contribution in [3.63, 3.8) is 0 Å². The van der Waals surface area contributed by atoms with Crippen LogP contribution in [0, 0.1) is 0 Å². The van der Waals surface area contributed by atoms with Crippen LogP contribution in [0.1, 0.15) is 57.6 Å². The fraction of sp³-hybridized carbons (Fsp3) is 0.458. The molecule has 0 heterocycles. The molecule has 2 N–H and O–H groups in total. The second kappa shape index (κ2) is 7.64. The van der Waals surface area contributed by atoms with Gasteiger partial charge < -0.3 is 10.1 Å². The quantitative estimate of drug-likeness (QED) is 0.676. The van der Waals surface area contributed by atoms with Gasteiger partial charge in [-0.1, -0.05) is 45.0 Å². The van der Waals surface area contributed by atoms with Crippen LogP contribution in [0.25, 0.3) is 0 Å². The van der Waals surface area contributed by atoms with Crippen LogP contribution in [0.2, 0.25) is 0 Å². The Morgan fingerprint density at radius 1 is 1.06 bits per heavy atom. The van der Waals surface area contributed by atoms with Gasteiger partial charge in [0.25, 0.3) is 0 Å². The molecule has 0 atom stereocenters. The molecule has 6 nitrogen and oxygen atoms in total. The van der Waals surface area contributed by atoms with Crippen LogP contribution < -0.4 is 14.8 Å². The number of hydrogen-bond acceptors (Lipinski definition) is 4. The van der Waals surface area contributed by atoms with Gasteiger partial charge in [-0.05, 0) is 60.4 Å². The summed E-state index contributed by atoms with van der Waals surface area (Å²) in [5.41, 5.74) is 2.03. The van der Waals surface area contributed by atoms with Gasteiger partial charge in [0.05, 0.1) is 23.1 Å². The molecule has 0 aromatic heterocycles. The Balaban J connectivity index is 1.58. The first-order valence-corrected chi connectivity index (χ1v) is 12.2. The first-order chi connectivity index (χ1) is 14.5. The average Bonchev–Trinajstić information content (AvgIpc) is 3.63. The SMILES string of the molecule is COc1ccc(S(=O)(=O)NC2CC2)cc1NC(=O)C1(c2ccc(C(C)(C)C)cc2)CC1. The van der Waals surface area contributed by atoms with Crippen LogP contribution in [0.3, 0.4) is 0 Å². The van der Waals surface area contributed by atoms with E-state index < -0.39 is 15.4 Å². The van der Waals surface area contributed by atoms with Gasteiger partial charge >= 0.3 is 0 Å². The fourth-order valence-electron chi connectivity index (χ4n) is 3.74. The normalized spacial score (nSPS) is 17.8. The summed E-state index contributed by atoms with van der Waals surface area (Å²) in [4.78, 5) is 13.4. The van der Waals surface area contributed by atoms with Gasteiger partial charge in [-0.25, -0.2) is 13.1 Å². The van der Waals surface area contributed by atoms with E-state index in [4.69, 9.17) is 4.74 Å². The largest absolute Gasteiger partial charge is 0.495 e. The summed E-state index contributed by atoms with van der Waals surface area (Å²) in [5.74, 6) is 0.289. The zero-order valence-electron chi connectivity index (χ0n) is 18.5. The van der Waals surface area contributed by atoms with Crippen molar-refractivity contribution in [2.45, 2.75) is 68.2 Å². The van der Waals surface area contributed by atoms with Crippen molar-refractivity contribution in [1.82, 2.24) is 4.72 Å². The zero-order valence-corrected chi connectivity index (χ0v) is 19.3. The van der Waals surface area contributed by atoms with Crippen LogP contribution in [-0.2, 0) is 25.6 Å². The number of sulfonamides is 1. The van der Waals surface area contributed by atoms with E-state index in [2.05, 4.69) is 42.9 Å². The number of anilines is 1. The van der Waals surface area contributed by atoms with E-state index in [-0.39, 0.29) is 22.3 Å². The van der Waals surface area contributed by atoms with Gasteiger partial charge in [-0.15, -0.1) is 0 Å². The first kappa shape index (κ1) is 21.8. The maximum absolute atomic E-state index is 13.3. The van der Waals surface area contributed by atoms with Crippen molar-refractivity contribution in [1.29, 1.82) is 0 Å². The third-order valence-electron chi connectivity index (χ3n) is 6.12. The molecule has 31 heavy (non-hydrogen) atoms. The van der Waals surface area contributed by atoms with Crippen molar-refractivity contribution in [3.05, 3.63) is 53.6 Å². The number of methoxy groups -OCH3 is 1. The molecular weight excluding hydrogens is 412 g/mol. The fourth-order valence-corrected chi connectivity index (χ4v) is 5.07. The minimum atomic E-state index is -3.63. The summed E-state index contributed by atoms with van der Waals surface area (Å²) in [5, 5.41) is 2.93. The average molecular weight is 443 g/mol. The lowest BCUT2D eigenvalue weighted by Crippen LogP contribution is -2.29. The Morgan fingerprint density at radius 2 is 1.71 bits per heavy atom. The maximum Gasteiger partial charge on any atom is 0.240 e. The number of hydrogen-bond donors (Lipinski definition) is 2. The van der Waals surface area contributed by atoms with Crippen LogP contribution in [0.5, 0.6) is 5.75 Å². The summed E-state index contributed by atoms with van der Waals surface area (Å²) >= 11 is 0. The number of amides is 1. The predicted octanol–water partition coefficient (Wildman–Crippen LogP) is 4.10. The molecule has 2 saturated carbocycles. The third-order valence-corrected chi connectivity index (χ3v) is 7.63. The first-order valence-electron chi connectivity index (χ1n) is 10.7. The van der Waals surface area contributed by atoms with Crippen LogP contribution in [0.4, 0.5) is 5.69 Å². The minimum Gasteiger partial charge on any atom is -0.495 e. The molecule has 0 spiro atoms. The molecule has 2 aromatic rings. The molecule has 166 valence electrons. The molecule has 0 saturated heterocycles. The van der Waals surface area contributed by atoms with Crippen molar-refractivity contribution >= 4 is 21.6 Å². The van der Waals surface area contributed by atoms with E-state index in [0.29, 0.717) is 11.4 Å². The van der Waals surface area contributed by atoms with E-state index in [1.54, 1.807) is 6.07 Å². The molecular formula is C24H30N2O4S. The monoisotopic (exact) mass is 442 g/mol. The molecule has 7 heteroatoms. The number of nitrogens with one attached hydrogen (secondary N) is 2. The van der Waals surface area contributed by atoms with Crippen LogP contribution in [-0.4, -0.2) is 27.5 Å². The Bertz CT molecular complexity index is 1090. The van der Waals surface area contributed by atoms with Crippen molar-refractivity contribution in [3.8, 4) is 5.75 Å². The van der Waals surface area contributed by atoms with Gasteiger partial charge in [0.1, 0.15) is 5.75 Å². The molecule has 4 rings (SSSR count). The van der Waals surface area contributed by atoms with Crippen molar-refractivity contribution in [2.24, 2.45) is 0 Å². The Labute approximate surface area is 184 Å². The molecule has 2 aliphatic carbocycles. The van der Waals surface area contributed by atoms with Gasteiger partial charge in [0.2, 0.25) is 15.9 Å². The van der Waals surface area contributed by atoms with Crippen molar-refractivity contribution in [2.75, 3.05) is 12.4 Å². The summed E-state index contributed by atoms with van der Waals surface area (Å²) < 4.78 is 33.2. The smallest absolute Gasteiger partial charge is 0.240 e. The van der Waals surface area contributed by atoms with Gasteiger partial charge in [0.15, 0.2) is 0 Å². The lowest BCUT2D eigenvalue weighted by Gasteiger charge is -2.21. The highest BCUT2D eigenvalue weighted by molar-refractivity contribution is 7.89. The van der Waals surface area contributed by atoms with E-state index in [1.807, 2.05) is 12.1 Å². The number of ether oxygens (including phenoxy) is 1.